The lowest BCUT2D eigenvalue weighted by Crippen LogP contribution is -2.16. The van der Waals surface area contributed by atoms with Gasteiger partial charge in [-0.3, -0.25) is 0 Å². The van der Waals surface area contributed by atoms with Crippen LogP contribution in [0.15, 0.2) is 461 Å². The molecule has 0 atom stereocenters. The molecule has 0 aliphatic heterocycles. The topological polar surface area (TPSA) is 16.3 Å². The number of hydrogen-bond acceptors (Lipinski definition) is 2. The van der Waals surface area contributed by atoms with Crippen molar-refractivity contribution in [2.24, 2.45) is 0 Å². The minimum atomic E-state index is -0.122. The van der Waals surface area contributed by atoms with E-state index >= 15 is 0 Å². The van der Waals surface area contributed by atoms with Gasteiger partial charge in [0.2, 0.25) is 0 Å². The molecule has 0 saturated heterocycles. The number of rotatable bonds is 11. The van der Waals surface area contributed by atoms with Crippen molar-refractivity contribution in [2.75, 3.05) is 9.80 Å². The molecule has 25 aromatic rings. The average molecular weight is 1680 g/mol. The van der Waals surface area contributed by atoms with Gasteiger partial charge in [-0.15, -0.1) is 0 Å². The maximum atomic E-state index is 2.45. The SMILES string of the molecule is CC1(C)c2ccccc2-c2ccc(N(c3ccc(-c4ccc5c(c4)c4ccccc4n5-c4ccc5ccccc5c4)cc3)c3ccc4c5ccccc5c5ccccc5c4c3)cc21.CC1(C)c2ccccc2-c2ccc(N(c3ccc(-c4ccc5c6ccccc6c6ccccc6c5c4)cc3)c3ccc(-c4ccc5c(c4)c4ccccc4n5-c4ccc5ccccc5c4)cc3)cc21. The van der Waals surface area contributed by atoms with E-state index in [1.807, 2.05) is 0 Å². The van der Waals surface area contributed by atoms with Crippen LogP contribution in [0.4, 0.5) is 34.1 Å². The first kappa shape index (κ1) is 76.6. The minimum Gasteiger partial charge on any atom is -0.310 e. The minimum absolute atomic E-state index is 0.119. The van der Waals surface area contributed by atoms with Gasteiger partial charge in [-0.05, 0) is 304 Å². The molecule has 2 aromatic heterocycles. The fourth-order valence-corrected chi connectivity index (χ4v) is 22.6. The van der Waals surface area contributed by atoms with E-state index in [1.54, 1.807) is 0 Å². The third-order valence-corrected chi connectivity index (χ3v) is 29.1. The highest BCUT2D eigenvalue weighted by molar-refractivity contribution is 6.27. The Balaban J connectivity index is 0.000000139. The molecular formula is C128H88N4. The van der Waals surface area contributed by atoms with Crippen LogP contribution >= 0.6 is 0 Å². The maximum Gasteiger partial charge on any atom is 0.0541 e. The molecule has 23 aromatic carbocycles. The number of anilines is 6. The molecule has 27 rings (SSSR count). The van der Waals surface area contributed by atoms with Gasteiger partial charge in [-0.25, -0.2) is 0 Å². The van der Waals surface area contributed by atoms with Gasteiger partial charge in [-0.2, -0.15) is 0 Å². The van der Waals surface area contributed by atoms with Crippen molar-refractivity contribution < 1.29 is 0 Å². The molecule has 0 N–H and O–H groups in total. The highest BCUT2D eigenvalue weighted by Crippen LogP contribution is 2.55. The summed E-state index contributed by atoms with van der Waals surface area (Å²) in [6.45, 7) is 9.45. The Morgan fingerprint density at radius 2 is 0.424 bits per heavy atom. The molecule has 0 unspecified atom stereocenters. The Bertz CT molecular complexity index is 9020. The summed E-state index contributed by atoms with van der Waals surface area (Å²) in [6, 6.07) is 171. The van der Waals surface area contributed by atoms with Crippen LogP contribution < -0.4 is 9.80 Å². The number of hydrogen-bond donors (Lipinski definition) is 0. The second kappa shape index (κ2) is 30.0. The molecule has 620 valence electrons. The van der Waals surface area contributed by atoms with E-state index in [2.05, 4.69) is 508 Å². The van der Waals surface area contributed by atoms with Gasteiger partial charge in [0, 0.05) is 77.9 Å². The molecule has 4 heteroatoms. The van der Waals surface area contributed by atoms with Crippen LogP contribution in [-0.2, 0) is 10.8 Å². The van der Waals surface area contributed by atoms with Crippen molar-refractivity contribution >= 4 is 164 Å². The number of fused-ring (bicyclic) bond motifs is 26. The van der Waals surface area contributed by atoms with E-state index in [-0.39, 0.29) is 10.8 Å². The van der Waals surface area contributed by atoms with Crippen molar-refractivity contribution in [1.82, 2.24) is 9.13 Å². The second-order valence-electron chi connectivity index (χ2n) is 37.0. The van der Waals surface area contributed by atoms with Crippen LogP contribution in [0, 0.1) is 0 Å². The van der Waals surface area contributed by atoms with Gasteiger partial charge in [-0.1, -0.05) is 349 Å². The van der Waals surface area contributed by atoms with E-state index < -0.39 is 0 Å². The average Bonchev–Trinajstić information content (AvgIpc) is 1.43. The smallest absolute Gasteiger partial charge is 0.0541 e. The Kier molecular flexibility index (Phi) is 17.4. The first-order valence-electron chi connectivity index (χ1n) is 46.1. The van der Waals surface area contributed by atoms with Crippen LogP contribution in [0.2, 0.25) is 0 Å². The molecule has 0 bridgehead atoms. The molecule has 2 aliphatic carbocycles. The summed E-state index contributed by atoms with van der Waals surface area (Å²) >= 11 is 0. The highest BCUT2D eigenvalue weighted by Gasteiger charge is 2.38. The summed E-state index contributed by atoms with van der Waals surface area (Å²) < 4.78 is 4.82. The lowest BCUT2D eigenvalue weighted by Gasteiger charge is -2.28. The Morgan fingerprint density at radius 3 is 0.833 bits per heavy atom. The molecule has 4 nitrogen and oxygen atoms in total. The second-order valence-corrected chi connectivity index (χ2v) is 37.0. The predicted molar refractivity (Wildman–Crippen MR) is 562 cm³/mol. The lowest BCUT2D eigenvalue weighted by molar-refractivity contribution is 0.660. The largest absolute Gasteiger partial charge is 0.310 e. The van der Waals surface area contributed by atoms with E-state index in [9.17, 15) is 0 Å². The van der Waals surface area contributed by atoms with Gasteiger partial charge in [0.1, 0.15) is 0 Å². The molecule has 0 saturated carbocycles. The number of para-hydroxylation sites is 2. The Labute approximate surface area is 766 Å². The highest BCUT2D eigenvalue weighted by atomic mass is 15.1. The Morgan fingerprint density at radius 1 is 0.159 bits per heavy atom. The van der Waals surface area contributed by atoms with Crippen LogP contribution in [0.5, 0.6) is 0 Å². The van der Waals surface area contributed by atoms with Gasteiger partial charge >= 0.3 is 0 Å². The van der Waals surface area contributed by atoms with Gasteiger partial charge < -0.3 is 18.9 Å². The van der Waals surface area contributed by atoms with Crippen molar-refractivity contribution in [3.63, 3.8) is 0 Å². The van der Waals surface area contributed by atoms with Crippen molar-refractivity contribution in [3.8, 4) is 67.0 Å². The normalized spacial score (nSPS) is 13.0. The summed E-state index contributed by atoms with van der Waals surface area (Å²) in [6.07, 6.45) is 0. The van der Waals surface area contributed by atoms with E-state index in [1.165, 1.54) is 219 Å². The van der Waals surface area contributed by atoms with Crippen molar-refractivity contribution in [3.05, 3.63) is 483 Å². The zero-order valence-electron chi connectivity index (χ0n) is 73.7. The van der Waals surface area contributed by atoms with Crippen molar-refractivity contribution in [2.45, 2.75) is 38.5 Å². The first-order valence-corrected chi connectivity index (χ1v) is 46.1. The third-order valence-electron chi connectivity index (χ3n) is 29.1. The molecule has 2 heterocycles. The zero-order chi connectivity index (χ0) is 87.6. The molecule has 0 amide bonds. The lowest BCUT2D eigenvalue weighted by atomic mass is 9.82. The molecule has 132 heavy (non-hydrogen) atoms. The summed E-state index contributed by atoms with van der Waals surface area (Å²) in [5.41, 5.74) is 31.6. The van der Waals surface area contributed by atoms with Crippen LogP contribution in [0.25, 0.3) is 197 Å². The van der Waals surface area contributed by atoms with Crippen LogP contribution in [0.1, 0.15) is 49.9 Å². The summed E-state index contributed by atoms with van der Waals surface area (Å²) in [5, 5.41) is 25.4. The van der Waals surface area contributed by atoms with E-state index in [4.69, 9.17) is 0 Å². The number of aromatic nitrogens is 2. The predicted octanol–water partition coefficient (Wildman–Crippen LogP) is 35.3. The zero-order valence-corrected chi connectivity index (χ0v) is 73.7. The molecular weight excluding hydrogens is 1590 g/mol. The summed E-state index contributed by atoms with van der Waals surface area (Å²) in [5.74, 6) is 0. The molecule has 2 aliphatic rings. The van der Waals surface area contributed by atoms with E-state index in [0.29, 0.717) is 0 Å². The quantitative estimate of drug-likeness (QED) is 0.120. The summed E-state index contributed by atoms with van der Waals surface area (Å²) in [7, 11) is 0. The van der Waals surface area contributed by atoms with Gasteiger partial charge in [0.05, 0.1) is 22.1 Å². The number of benzene rings is 23. The first-order chi connectivity index (χ1) is 64.9. The monoisotopic (exact) mass is 1680 g/mol. The fourth-order valence-electron chi connectivity index (χ4n) is 22.6. The standard InChI is InChI=1S/C67H46N2.C61H42N2/c1-67(2)63-21-11-9-19-58(63)59-37-35-52(42-64(59)67)68(49-30-23-44(24-31-49)47-28-36-57-55-17-6-5-15-53(55)54-16-7-8-18-56(54)61(57)40-47)50-32-25-45(26-33-50)48-29-38-66-62(41-48)60-20-10-12-22-65(60)69(66)51-34-27-43-13-3-4-14-46(43)39-51;1-61(2)57-21-11-9-19-52(57)53-33-31-46(38-58(53)61)62(45-30-32-51-49-17-6-5-15-47(49)48-16-7-8-18-50(48)55(51)37-45)43-27-23-40(24-28-43)42-26-34-60-56(36-42)54-20-10-12-22-59(54)63(60)44-29-25-39-13-3-4-14-41(39)35-44/h3-42H,1-2H3;3-38H,1-2H3. The van der Waals surface area contributed by atoms with E-state index in [0.717, 1.165) is 34.1 Å². The third kappa shape index (κ3) is 12.1. The molecule has 0 radical (unpaired) electrons. The van der Waals surface area contributed by atoms with Crippen molar-refractivity contribution in [1.29, 1.82) is 0 Å². The Hall–Kier alpha value is -16.7. The summed E-state index contributed by atoms with van der Waals surface area (Å²) in [4.78, 5) is 4.88. The van der Waals surface area contributed by atoms with Crippen LogP contribution in [-0.4, -0.2) is 9.13 Å². The molecule has 0 fully saturated rings. The molecule has 0 spiro atoms. The van der Waals surface area contributed by atoms with Gasteiger partial charge in [0.25, 0.3) is 0 Å². The van der Waals surface area contributed by atoms with Gasteiger partial charge in [0.15, 0.2) is 0 Å². The maximum absolute atomic E-state index is 2.45. The van der Waals surface area contributed by atoms with Crippen LogP contribution in [0.3, 0.4) is 0 Å². The fraction of sp³-hybridized carbons (Fsp3) is 0.0469. The number of nitrogens with zero attached hydrogens (tertiary/aromatic N) is 4.